The van der Waals surface area contributed by atoms with Crippen LogP contribution in [-0.2, 0) is 11.3 Å². The van der Waals surface area contributed by atoms with Crippen LogP contribution in [0.15, 0.2) is 16.5 Å². The van der Waals surface area contributed by atoms with E-state index in [0.29, 0.717) is 5.76 Å². The van der Waals surface area contributed by atoms with E-state index in [9.17, 15) is 14.7 Å². The molecule has 2 amide bonds. The monoisotopic (exact) mass is 282 g/mol. The first kappa shape index (κ1) is 14.4. The number of β-amino-alcohol motifs (C(OH)–C–C–N with tert-alkyl or cyclic N) is 1. The molecule has 2 heterocycles. The average Bonchev–Trinajstić information content (AvgIpc) is 2.94. The molecule has 1 aliphatic heterocycles. The Morgan fingerprint density at radius 3 is 2.75 bits per heavy atom. The van der Waals surface area contributed by atoms with E-state index >= 15 is 0 Å². The summed E-state index contributed by atoms with van der Waals surface area (Å²) in [5.41, 5.74) is 0. The van der Waals surface area contributed by atoms with Gasteiger partial charge in [0.2, 0.25) is 0 Å². The SMILES string of the molecule is Cc1ccc(CN(C)C(=O)N2CC(O)CC2C(=O)O)o1. The Bertz CT molecular complexity index is 513. The summed E-state index contributed by atoms with van der Waals surface area (Å²) in [6.07, 6.45) is -0.728. The molecule has 1 saturated heterocycles. The van der Waals surface area contributed by atoms with Gasteiger partial charge in [0.05, 0.1) is 12.6 Å². The summed E-state index contributed by atoms with van der Waals surface area (Å²) >= 11 is 0. The smallest absolute Gasteiger partial charge is 0.326 e. The third-order valence-corrected chi connectivity index (χ3v) is 3.33. The molecule has 1 aromatic rings. The van der Waals surface area contributed by atoms with Gasteiger partial charge in [-0.25, -0.2) is 9.59 Å². The molecule has 20 heavy (non-hydrogen) atoms. The molecule has 7 nitrogen and oxygen atoms in total. The van der Waals surface area contributed by atoms with Crippen LogP contribution in [0.3, 0.4) is 0 Å². The zero-order valence-corrected chi connectivity index (χ0v) is 11.4. The Morgan fingerprint density at radius 2 is 2.20 bits per heavy atom. The molecule has 7 heteroatoms. The molecule has 0 aromatic carbocycles. The highest BCUT2D eigenvalue weighted by Gasteiger charge is 2.40. The predicted molar refractivity (Wildman–Crippen MR) is 69.1 cm³/mol. The van der Waals surface area contributed by atoms with Crippen LogP contribution in [-0.4, -0.2) is 57.8 Å². The minimum absolute atomic E-state index is 0.0390. The maximum absolute atomic E-state index is 12.3. The normalized spacial score (nSPS) is 22.1. The standard InChI is InChI=1S/C13H18N2O5/c1-8-3-4-10(20-8)7-14(2)13(19)15-6-9(16)5-11(15)12(17)18/h3-4,9,11,16H,5-7H2,1-2H3,(H,17,18). The van der Waals surface area contributed by atoms with Gasteiger partial charge in [0.1, 0.15) is 17.6 Å². The van der Waals surface area contributed by atoms with Crippen molar-refractivity contribution in [1.82, 2.24) is 9.80 Å². The topological polar surface area (TPSA) is 94.2 Å². The summed E-state index contributed by atoms with van der Waals surface area (Å²) in [7, 11) is 1.57. The lowest BCUT2D eigenvalue weighted by Crippen LogP contribution is -2.46. The first-order valence-corrected chi connectivity index (χ1v) is 6.36. The number of hydrogen-bond donors (Lipinski definition) is 2. The number of aliphatic carboxylic acids is 1. The molecule has 0 bridgehead atoms. The summed E-state index contributed by atoms with van der Waals surface area (Å²) in [4.78, 5) is 25.9. The predicted octanol–water partition coefficient (Wildman–Crippen LogP) is 0.660. The van der Waals surface area contributed by atoms with Gasteiger partial charge in [-0.3, -0.25) is 0 Å². The molecule has 1 fully saturated rings. The number of amides is 2. The molecule has 0 aliphatic carbocycles. The van der Waals surface area contributed by atoms with Crippen molar-refractivity contribution in [3.63, 3.8) is 0 Å². The van der Waals surface area contributed by atoms with Crippen LogP contribution in [0, 0.1) is 6.92 Å². The molecule has 2 N–H and O–H groups in total. The third kappa shape index (κ3) is 2.93. The number of nitrogens with zero attached hydrogens (tertiary/aromatic N) is 2. The highest BCUT2D eigenvalue weighted by Crippen LogP contribution is 2.20. The Labute approximate surface area is 116 Å². The van der Waals surface area contributed by atoms with Gasteiger partial charge in [-0.1, -0.05) is 0 Å². The third-order valence-electron chi connectivity index (χ3n) is 3.33. The van der Waals surface area contributed by atoms with E-state index in [4.69, 9.17) is 9.52 Å². The lowest BCUT2D eigenvalue weighted by molar-refractivity contribution is -0.141. The van der Waals surface area contributed by atoms with Crippen LogP contribution in [0.5, 0.6) is 0 Å². The maximum atomic E-state index is 12.3. The van der Waals surface area contributed by atoms with E-state index < -0.39 is 24.1 Å². The van der Waals surface area contributed by atoms with Crippen molar-refractivity contribution in [2.24, 2.45) is 0 Å². The molecular weight excluding hydrogens is 264 g/mol. The Morgan fingerprint density at radius 1 is 1.50 bits per heavy atom. The second-order valence-electron chi connectivity index (χ2n) is 5.05. The number of furan rings is 1. The van der Waals surface area contributed by atoms with Crippen LogP contribution >= 0.6 is 0 Å². The van der Waals surface area contributed by atoms with E-state index in [1.54, 1.807) is 19.2 Å². The molecule has 0 radical (unpaired) electrons. The quantitative estimate of drug-likeness (QED) is 0.849. The zero-order valence-electron chi connectivity index (χ0n) is 11.4. The number of urea groups is 1. The van der Waals surface area contributed by atoms with Crippen molar-refractivity contribution in [1.29, 1.82) is 0 Å². The highest BCUT2D eigenvalue weighted by atomic mass is 16.4. The van der Waals surface area contributed by atoms with E-state index in [1.165, 1.54) is 9.80 Å². The largest absolute Gasteiger partial charge is 0.480 e. The van der Waals surface area contributed by atoms with Crippen molar-refractivity contribution in [3.8, 4) is 0 Å². The zero-order chi connectivity index (χ0) is 14.9. The Hall–Kier alpha value is -2.02. The van der Waals surface area contributed by atoms with Gasteiger partial charge in [0.25, 0.3) is 0 Å². The van der Waals surface area contributed by atoms with Crippen molar-refractivity contribution in [2.45, 2.75) is 32.0 Å². The van der Waals surface area contributed by atoms with Gasteiger partial charge in [-0.2, -0.15) is 0 Å². The van der Waals surface area contributed by atoms with Crippen LogP contribution in [0.4, 0.5) is 4.79 Å². The number of aryl methyl sites for hydroxylation is 1. The van der Waals surface area contributed by atoms with Crippen LogP contribution < -0.4 is 0 Å². The number of carboxylic acid groups (broad SMARTS) is 1. The van der Waals surface area contributed by atoms with E-state index in [2.05, 4.69) is 0 Å². The number of rotatable bonds is 3. The number of likely N-dealkylation sites (tertiary alicyclic amines) is 1. The lowest BCUT2D eigenvalue weighted by atomic mass is 10.2. The first-order chi connectivity index (χ1) is 9.38. The maximum Gasteiger partial charge on any atom is 0.326 e. The van der Waals surface area contributed by atoms with Crippen LogP contribution in [0.25, 0.3) is 0 Å². The fraction of sp³-hybridized carbons (Fsp3) is 0.538. The molecule has 1 aliphatic rings. The summed E-state index contributed by atoms with van der Waals surface area (Å²) in [5, 5.41) is 18.6. The molecule has 110 valence electrons. The van der Waals surface area contributed by atoms with Crippen molar-refractivity contribution < 1.29 is 24.2 Å². The van der Waals surface area contributed by atoms with E-state index in [1.807, 2.05) is 6.92 Å². The number of carbonyl (C=O) groups is 2. The van der Waals surface area contributed by atoms with Gasteiger partial charge < -0.3 is 24.4 Å². The average molecular weight is 282 g/mol. The highest BCUT2D eigenvalue weighted by molar-refractivity contribution is 5.83. The summed E-state index contributed by atoms with van der Waals surface area (Å²) in [6, 6.07) is 2.17. The number of aliphatic hydroxyl groups excluding tert-OH is 1. The Balaban J connectivity index is 2.04. The molecular formula is C13H18N2O5. The molecule has 1 aromatic heterocycles. The second kappa shape index (κ2) is 5.54. The van der Waals surface area contributed by atoms with Crippen molar-refractivity contribution in [3.05, 3.63) is 23.7 Å². The van der Waals surface area contributed by atoms with E-state index in [0.717, 1.165) is 5.76 Å². The van der Waals surface area contributed by atoms with Gasteiger partial charge in [0, 0.05) is 20.0 Å². The van der Waals surface area contributed by atoms with E-state index in [-0.39, 0.29) is 19.5 Å². The van der Waals surface area contributed by atoms with Crippen LogP contribution in [0.2, 0.25) is 0 Å². The summed E-state index contributed by atoms with van der Waals surface area (Å²) in [6.45, 7) is 2.10. The lowest BCUT2D eigenvalue weighted by Gasteiger charge is -2.26. The van der Waals surface area contributed by atoms with Gasteiger partial charge >= 0.3 is 12.0 Å². The first-order valence-electron chi connectivity index (χ1n) is 6.36. The molecule has 0 saturated carbocycles. The summed E-state index contributed by atoms with van der Waals surface area (Å²) < 4.78 is 5.38. The van der Waals surface area contributed by atoms with Crippen molar-refractivity contribution >= 4 is 12.0 Å². The number of hydrogen-bond acceptors (Lipinski definition) is 4. The van der Waals surface area contributed by atoms with Gasteiger partial charge in [-0.15, -0.1) is 0 Å². The molecule has 2 unspecified atom stereocenters. The van der Waals surface area contributed by atoms with Gasteiger partial charge in [0.15, 0.2) is 0 Å². The molecule has 2 rings (SSSR count). The Kier molecular flexibility index (Phi) is 3.99. The number of carboxylic acids is 1. The second-order valence-corrected chi connectivity index (χ2v) is 5.05. The summed E-state index contributed by atoms with van der Waals surface area (Å²) in [5.74, 6) is 0.281. The molecule has 0 spiro atoms. The minimum atomic E-state index is -1.10. The fourth-order valence-corrected chi connectivity index (χ4v) is 2.35. The molecule has 2 atom stereocenters. The number of aliphatic hydroxyl groups is 1. The van der Waals surface area contributed by atoms with Gasteiger partial charge in [-0.05, 0) is 19.1 Å². The minimum Gasteiger partial charge on any atom is -0.480 e. The number of carbonyl (C=O) groups excluding carboxylic acids is 1. The van der Waals surface area contributed by atoms with Crippen molar-refractivity contribution in [2.75, 3.05) is 13.6 Å². The van der Waals surface area contributed by atoms with Crippen LogP contribution in [0.1, 0.15) is 17.9 Å². The fourth-order valence-electron chi connectivity index (χ4n) is 2.35.